The van der Waals surface area contributed by atoms with Crippen molar-refractivity contribution in [3.8, 4) is 11.4 Å². The van der Waals surface area contributed by atoms with Gasteiger partial charge in [-0.3, -0.25) is 9.36 Å². The molecule has 1 atom stereocenters. The lowest BCUT2D eigenvalue weighted by Crippen LogP contribution is -2.18. The van der Waals surface area contributed by atoms with Crippen LogP contribution in [0.15, 0.2) is 29.4 Å². The van der Waals surface area contributed by atoms with Crippen molar-refractivity contribution in [1.29, 1.82) is 0 Å². The van der Waals surface area contributed by atoms with Crippen LogP contribution in [-0.4, -0.2) is 32.6 Å². The number of carbonyl (C=O) groups is 1. The van der Waals surface area contributed by atoms with Crippen LogP contribution in [0.1, 0.15) is 52.0 Å². The average Bonchev–Trinajstić information content (AvgIpc) is 3.29. The van der Waals surface area contributed by atoms with Gasteiger partial charge in [-0.25, -0.2) is 0 Å². The zero-order valence-electron chi connectivity index (χ0n) is 15.2. The van der Waals surface area contributed by atoms with Crippen LogP contribution >= 0.6 is 23.4 Å². The van der Waals surface area contributed by atoms with E-state index in [1.807, 2.05) is 38.1 Å². The molecule has 1 unspecified atom stereocenters. The van der Waals surface area contributed by atoms with Crippen LogP contribution in [-0.2, 0) is 9.53 Å². The molecule has 3 rings (SSSR count). The molecular weight excluding hydrogens is 370 g/mol. The molecule has 1 saturated carbocycles. The van der Waals surface area contributed by atoms with E-state index in [1.165, 1.54) is 24.6 Å². The second-order valence-corrected chi connectivity index (χ2v) is 8.24. The number of hydrogen-bond donors (Lipinski definition) is 0. The molecule has 0 N–H and O–H groups in total. The van der Waals surface area contributed by atoms with Gasteiger partial charge in [-0.2, -0.15) is 0 Å². The Morgan fingerprint density at radius 2 is 2.08 bits per heavy atom. The molecular formula is C19H24ClN3O2S. The molecule has 0 radical (unpaired) electrons. The molecule has 1 aromatic heterocycles. The zero-order chi connectivity index (χ0) is 18.5. The average molecular weight is 394 g/mol. The van der Waals surface area contributed by atoms with Crippen molar-refractivity contribution in [2.75, 3.05) is 6.61 Å². The van der Waals surface area contributed by atoms with E-state index in [0.29, 0.717) is 17.7 Å². The van der Waals surface area contributed by atoms with Crippen LogP contribution in [0.2, 0.25) is 5.02 Å². The van der Waals surface area contributed by atoms with E-state index in [1.54, 1.807) is 0 Å². The first-order valence-electron chi connectivity index (χ1n) is 9.15. The van der Waals surface area contributed by atoms with Gasteiger partial charge in [-0.05, 0) is 38.3 Å². The van der Waals surface area contributed by atoms with Gasteiger partial charge in [0.25, 0.3) is 0 Å². The van der Waals surface area contributed by atoms with Crippen molar-refractivity contribution in [2.45, 2.75) is 62.4 Å². The third kappa shape index (κ3) is 4.23. The number of aromatic nitrogens is 3. The topological polar surface area (TPSA) is 57.0 Å². The van der Waals surface area contributed by atoms with E-state index >= 15 is 0 Å². The normalized spacial score (nSPS) is 16.0. The van der Waals surface area contributed by atoms with Crippen molar-refractivity contribution in [2.24, 2.45) is 0 Å². The Balaban J connectivity index is 1.91. The minimum Gasteiger partial charge on any atom is -0.465 e. The Hall–Kier alpha value is -1.53. The van der Waals surface area contributed by atoms with Gasteiger partial charge in [-0.15, -0.1) is 10.2 Å². The molecule has 1 aromatic carbocycles. The van der Waals surface area contributed by atoms with Crippen molar-refractivity contribution in [1.82, 2.24) is 14.8 Å². The third-order valence-corrected chi connectivity index (χ3v) is 5.90. The van der Waals surface area contributed by atoms with Gasteiger partial charge in [0, 0.05) is 11.6 Å². The van der Waals surface area contributed by atoms with Crippen molar-refractivity contribution >= 4 is 29.3 Å². The fraction of sp³-hybridized carbons (Fsp3) is 0.526. The summed E-state index contributed by atoms with van der Waals surface area (Å²) in [5, 5.41) is 9.90. The summed E-state index contributed by atoms with van der Waals surface area (Å²) in [4.78, 5) is 12.1. The first kappa shape index (κ1) is 19.2. The largest absolute Gasteiger partial charge is 0.465 e. The van der Waals surface area contributed by atoms with Crippen LogP contribution < -0.4 is 0 Å². The molecule has 2 aromatic rings. The predicted octanol–water partition coefficient (Wildman–Crippen LogP) is 5.15. The number of nitrogens with zero attached hydrogens (tertiary/aromatic N) is 3. The maximum atomic E-state index is 12.1. The molecule has 26 heavy (non-hydrogen) atoms. The van der Waals surface area contributed by atoms with Crippen molar-refractivity contribution in [3.05, 3.63) is 29.3 Å². The van der Waals surface area contributed by atoms with Gasteiger partial charge in [0.1, 0.15) is 5.25 Å². The Labute approximate surface area is 163 Å². The fourth-order valence-electron chi connectivity index (χ4n) is 3.20. The fourth-order valence-corrected chi connectivity index (χ4v) is 4.34. The van der Waals surface area contributed by atoms with E-state index in [4.69, 9.17) is 16.3 Å². The minimum atomic E-state index is -0.329. The van der Waals surface area contributed by atoms with E-state index < -0.39 is 0 Å². The first-order valence-corrected chi connectivity index (χ1v) is 10.4. The maximum Gasteiger partial charge on any atom is 0.319 e. The van der Waals surface area contributed by atoms with Crippen LogP contribution in [0.4, 0.5) is 0 Å². The SMILES string of the molecule is CCCOC(=O)C(C)Sc1nnc(-c2ccccc2Cl)n1C1CCCC1. The number of hydrogen-bond acceptors (Lipinski definition) is 5. The van der Waals surface area contributed by atoms with Gasteiger partial charge in [0.05, 0.1) is 11.6 Å². The molecule has 1 aliphatic rings. The molecule has 7 heteroatoms. The van der Waals surface area contributed by atoms with E-state index in [-0.39, 0.29) is 11.2 Å². The van der Waals surface area contributed by atoms with Crippen molar-refractivity contribution in [3.63, 3.8) is 0 Å². The monoisotopic (exact) mass is 393 g/mol. The number of esters is 1. The van der Waals surface area contributed by atoms with Crippen molar-refractivity contribution < 1.29 is 9.53 Å². The number of halogens is 1. The third-order valence-electron chi connectivity index (χ3n) is 4.53. The summed E-state index contributed by atoms with van der Waals surface area (Å²) < 4.78 is 7.43. The highest BCUT2D eigenvalue weighted by molar-refractivity contribution is 8.00. The Kier molecular flexibility index (Phi) is 6.59. The summed E-state index contributed by atoms with van der Waals surface area (Å²) in [5.74, 6) is 0.566. The highest BCUT2D eigenvalue weighted by Crippen LogP contribution is 2.39. The van der Waals surface area contributed by atoms with E-state index in [2.05, 4.69) is 14.8 Å². The molecule has 0 spiro atoms. The Morgan fingerprint density at radius 1 is 1.35 bits per heavy atom. The zero-order valence-corrected chi connectivity index (χ0v) is 16.7. The predicted molar refractivity (Wildman–Crippen MR) is 105 cm³/mol. The molecule has 0 amide bonds. The summed E-state index contributed by atoms with van der Waals surface area (Å²) in [5.41, 5.74) is 0.877. The summed E-state index contributed by atoms with van der Waals surface area (Å²) in [7, 11) is 0. The summed E-state index contributed by atoms with van der Waals surface area (Å²) in [6.45, 7) is 4.28. The van der Waals surface area contributed by atoms with Crippen LogP contribution in [0.25, 0.3) is 11.4 Å². The van der Waals surface area contributed by atoms with Gasteiger partial charge < -0.3 is 4.74 Å². The molecule has 1 heterocycles. The molecule has 1 fully saturated rings. The number of benzene rings is 1. The molecule has 0 aliphatic heterocycles. The van der Waals surface area contributed by atoms with Crippen LogP contribution in [0.3, 0.4) is 0 Å². The second kappa shape index (κ2) is 8.91. The highest BCUT2D eigenvalue weighted by atomic mass is 35.5. The lowest BCUT2D eigenvalue weighted by Gasteiger charge is -2.18. The van der Waals surface area contributed by atoms with Gasteiger partial charge >= 0.3 is 5.97 Å². The Morgan fingerprint density at radius 3 is 2.77 bits per heavy atom. The summed E-state index contributed by atoms with van der Waals surface area (Å²) >= 11 is 7.81. The Bertz CT molecular complexity index is 759. The first-order chi connectivity index (χ1) is 12.6. The lowest BCUT2D eigenvalue weighted by molar-refractivity contribution is -0.142. The quantitative estimate of drug-likeness (QED) is 0.481. The standard InChI is InChI=1S/C19H24ClN3O2S/c1-3-12-25-18(24)13(2)26-19-22-21-17(15-10-6-7-11-16(15)20)23(19)14-8-4-5-9-14/h6-7,10-11,13-14H,3-5,8-9,12H2,1-2H3. The minimum absolute atomic E-state index is 0.211. The number of carbonyl (C=O) groups excluding carboxylic acids is 1. The second-order valence-electron chi connectivity index (χ2n) is 6.52. The molecule has 140 valence electrons. The van der Waals surface area contributed by atoms with Crippen LogP contribution in [0, 0.1) is 0 Å². The smallest absolute Gasteiger partial charge is 0.319 e. The maximum absolute atomic E-state index is 12.1. The van der Waals surface area contributed by atoms with Crippen LogP contribution in [0.5, 0.6) is 0 Å². The molecule has 1 aliphatic carbocycles. The lowest BCUT2D eigenvalue weighted by atomic mass is 10.2. The summed E-state index contributed by atoms with van der Waals surface area (Å²) in [6.07, 6.45) is 5.40. The number of thioether (sulfide) groups is 1. The van der Waals surface area contributed by atoms with Gasteiger partial charge in [0.2, 0.25) is 0 Å². The summed E-state index contributed by atoms with van der Waals surface area (Å²) in [6, 6.07) is 8.03. The van der Waals surface area contributed by atoms with E-state index in [9.17, 15) is 4.79 Å². The molecule has 5 nitrogen and oxygen atoms in total. The van der Waals surface area contributed by atoms with Gasteiger partial charge in [-0.1, -0.05) is 55.3 Å². The number of rotatable bonds is 7. The number of ether oxygens (including phenoxy) is 1. The van der Waals surface area contributed by atoms with E-state index in [0.717, 1.165) is 35.8 Å². The molecule has 0 bridgehead atoms. The van der Waals surface area contributed by atoms with Gasteiger partial charge in [0.15, 0.2) is 11.0 Å². The highest BCUT2D eigenvalue weighted by Gasteiger charge is 2.28. The molecule has 0 saturated heterocycles.